The van der Waals surface area contributed by atoms with E-state index in [4.69, 9.17) is 0 Å². The summed E-state index contributed by atoms with van der Waals surface area (Å²) in [5.74, 6) is 1.27. The van der Waals surface area contributed by atoms with Crippen LogP contribution in [0.2, 0.25) is 0 Å². The highest BCUT2D eigenvalue weighted by Crippen LogP contribution is 2.33. The van der Waals surface area contributed by atoms with Gasteiger partial charge in [-0.25, -0.2) is 4.98 Å². The predicted octanol–water partition coefficient (Wildman–Crippen LogP) is 3.52. The molecule has 0 aliphatic heterocycles. The molecule has 1 aliphatic carbocycles. The number of nitrogens with one attached hydrogen (secondary N) is 1. The minimum atomic E-state index is -0.659. The van der Waals surface area contributed by atoms with Crippen LogP contribution in [0.3, 0.4) is 0 Å². The van der Waals surface area contributed by atoms with E-state index < -0.39 is 5.54 Å². The van der Waals surface area contributed by atoms with Gasteiger partial charge in [0.1, 0.15) is 16.2 Å². The quantitative estimate of drug-likeness (QED) is 0.823. The van der Waals surface area contributed by atoms with E-state index in [-0.39, 0.29) is 17.2 Å². The van der Waals surface area contributed by atoms with Gasteiger partial charge in [-0.2, -0.15) is 5.26 Å². The fourth-order valence-corrected chi connectivity index (χ4v) is 5.45. The van der Waals surface area contributed by atoms with Gasteiger partial charge in [0.05, 0.1) is 23.0 Å². The van der Waals surface area contributed by atoms with Crippen LogP contribution in [-0.2, 0) is 10.5 Å². The van der Waals surface area contributed by atoms with Crippen molar-refractivity contribution in [2.24, 2.45) is 0 Å². The summed E-state index contributed by atoms with van der Waals surface area (Å²) in [5, 5.41) is 10.3. The van der Waals surface area contributed by atoms with E-state index >= 15 is 0 Å². The highest BCUT2D eigenvalue weighted by atomic mass is 32.2. The van der Waals surface area contributed by atoms with E-state index in [0.717, 1.165) is 47.4 Å². The van der Waals surface area contributed by atoms with Gasteiger partial charge < -0.3 is 9.88 Å². The molecule has 3 rings (SSSR count). The van der Waals surface area contributed by atoms with E-state index in [0.29, 0.717) is 17.0 Å². The number of thioether (sulfide) groups is 1. The van der Waals surface area contributed by atoms with E-state index in [2.05, 4.69) is 16.0 Å². The van der Waals surface area contributed by atoms with Gasteiger partial charge in [0.15, 0.2) is 0 Å². The maximum Gasteiger partial charge on any atom is 0.259 e. The molecule has 2 aromatic heterocycles. The van der Waals surface area contributed by atoms with E-state index in [1.54, 1.807) is 11.9 Å². The zero-order valence-electron chi connectivity index (χ0n) is 15.9. The van der Waals surface area contributed by atoms with Gasteiger partial charge in [-0.3, -0.25) is 9.59 Å². The van der Waals surface area contributed by atoms with Crippen molar-refractivity contribution >= 4 is 39.2 Å². The minimum Gasteiger partial charge on any atom is -0.326 e. The van der Waals surface area contributed by atoms with Crippen molar-refractivity contribution in [3.05, 3.63) is 26.6 Å². The average molecular weight is 405 g/mol. The number of carbonyl (C=O) groups is 1. The lowest BCUT2D eigenvalue weighted by molar-refractivity contribution is -0.131. The highest BCUT2D eigenvalue weighted by Gasteiger charge is 2.38. The zero-order chi connectivity index (χ0) is 19.6. The summed E-state index contributed by atoms with van der Waals surface area (Å²) < 4.78 is 0. The third kappa shape index (κ3) is 3.90. The molecular formula is C19H24N4O2S2. The zero-order valence-corrected chi connectivity index (χ0v) is 17.6. The standard InChI is InChI=1S/C19H24N4O2S2/c1-12-13(2)27-18-16(12)17(25)21-14(22-18)9-26-10-15(24)23(3)19(11-20)7-5-4-6-8-19/h4-10H2,1-3H3,(H,21,22,25). The molecule has 6 nitrogen and oxygen atoms in total. The van der Waals surface area contributed by atoms with E-state index in [1.807, 2.05) is 13.8 Å². The number of nitriles is 1. The number of H-pyrrole nitrogens is 1. The fourth-order valence-electron chi connectivity index (χ4n) is 3.60. The molecule has 0 aromatic carbocycles. The van der Waals surface area contributed by atoms with E-state index in [1.165, 1.54) is 23.1 Å². The number of aryl methyl sites for hydroxylation is 2. The lowest BCUT2D eigenvalue weighted by Gasteiger charge is -2.39. The van der Waals surface area contributed by atoms with Crippen LogP contribution in [0, 0.1) is 25.2 Å². The minimum absolute atomic E-state index is 0.0466. The van der Waals surface area contributed by atoms with Crippen molar-refractivity contribution in [2.45, 2.75) is 57.2 Å². The summed E-state index contributed by atoms with van der Waals surface area (Å²) in [7, 11) is 1.74. The van der Waals surface area contributed by atoms with Crippen LogP contribution in [0.4, 0.5) is 0 Å². The summed E-state index contributed by atoms with van der Waals surface area (Å²) in [6, 6.07) is 2.38. The average Bonchev–Trinajstić information content (AvgIpc) is 2.95. The Morgan fingerprint density at radius 1 is 1.37 bits per heavy atom. The van der Waals surface area contributed by atoms with Gasteiger partial charge in [-0.15, -0.1) is 23.1 Å². The third-order valence-electron chi connectivity index (χ3n) is 5.46. The Morgan fingerprint density at radius 2 is 2.07 bits per heavy atom. The highest BCUT2D eigenvalue weighted by molar-refractivity contribution is 7.99. The second-order valence-electron chi connectivity index (χ2n) is 7.13. The van der Waals surface area contributed by atoms with Gasteiger partial charge in [0.25, 0.3) is 5.56 Å². The molecule has 1 N–H and O–H groups in total. The van der Waals surface area contributed by atoms with Crippen LogP contribution < -0.4 is 5.56 Å². The second-order valence-corrected chi connectivity index (χ2v) is 9.31. The maximum absolute atomic E-state index is 12.6. The molecule has 1 fully saturated rings. The smallest absolute Gasteiger partial charge is 0.259 e. The molecule has 2 heterocycles. The van der Waals surface area contributed by atoms with Crippen molar-refractivity contribution in [1.82, 2.24) is 14.9 Å². The number of aromatic nitrogens is 2. The number of amides is 1. The molecule has 144 valence electrons. The first kappa shape index (κ1) is 19.9. The number of rotatable bonds is 5. The number of nitrogens with zero attached hydrogens (tertiary/aromatic N) is 3. The predicted molar refractivity (Wildman–Crippen MR) is 110 cm³/mol. The molecule has 27 heavy (non-hydrogen) atoms. The molecule has 0 saturated heterocycles. The van der Waals surface area contributed by atoms with Gasteiger partial charge >= 0.3 is 0 Å². The number of thiophene rings is 1. The summed E-state index contributed by atoms with van der Waals surface area (Å²) in [6.07, 6.45) is 4.60. The van der Waals surface area contributed by atoms with Gasteiger partial charge in [-0.05, 0) is 32.3 Å². The molecule has 0 bridgehead atoms. The molecule has 8 heteroatoms. The summed E-state index contributed by atoms with van der Waals surface area (Å²) in [5.41, 5.74) is 0.202. The van der Waals surface area contributed by atoms with Crippen LogP contribution in [-0.4, -0.2) is 39.1 Å². The Balaban J connectivity index is 1.64. The number of aromatic amines is 1. The topological polar surface area (TPSA) is 89.8 Å². The van der Waals surface area contributed by atoms with Gasteiger partial charge in [0.2, 0.25) is 5.91 Å². The number of hydrogen-bond donors (Lipinski definition) is 1. The lowest BCUT2D eigenvalue weighted by Crippen LogP contribution is -2.50. The monoisotopic (exact) mass is 404 g/mol. The lowest BCUT2D eigenvalue weighted by atomic mass is 9.81. The third-order valence-corrected chi connectivity index (χ3v) is 7.49. The normalized spacial score (nSPS) is 16.2. The Hall–Kier alpha value is -1.85. The molecule has 1 saturated carbocycles. The molecule has 1 aliphatic rings. The first-order valence-electron chi connectivity index (χ1n) is 9.12. The van der Waals surface area contributed by atoms with Crippen molar-refractivity contribution in [1.29, 1.82) is 5.26 Å². The molecule has 0 spiro atoms. The van der Waals surface area contributed by atoms with Crippen molar-refractivity contribution in [2.75, 3.05) is 12.8 Å². The number of fused-ring (bicyclic) bond motifs is 1. The molecular weight excluding hydrogens is 380 g/mol. The molecule has 1 amide bonds. The number of carbonyl (C=O) groups excluding carboxylic acids is 1. The van der Waals surface area contributed by atoms with Crippen LogP contribution in [0.15, 0.2) is 4.79 Å². The first-order chi connectivity index (χ1) is 12.9. The molecule has 0 unspecified atom stereocenters. The first-order valence-corrected chi connectivity index (χ1v) is 11.1. The molecule has 0 radical (unpaired) electrons. The number of hydrogen-bond acceptors (Lipinski definition) is 6. The Bertz CT molecular complexity index is 951. The van der Waals surface area contributed by atoms with Crippen molar-refractivity contribution in [3.63, 3.8) is 0 Å². The fraction of sp³-hybridized carbons (Fsp3) is 0.579. The summed E-state index contributed by atoms with van der Waals surface area (Å²) in [6.45, 7) is 3.92. The van der Waals surface area contributed by atoms with Crippen LogP contribution in [0.25, 0.3) is 10.2 Å². The summed E-state index contributed by atoms with van der Waals surface area (Å²) >= 11 is 2.94. The largest absolute Gasteiger partial charge is 0.326 e. The van der Waals surface area contributed by atoms with Gasteiger partial charge in [0, 0.05) is 11.9 Å². The second kappa shape index (κ2) is 8.03. The Kier molecular flexibility index (Phi) is 5.92. The molecule has 2 aromatic rings. The summed E-state index contributed by atoms with van der Waals surface area (Å²) in [4.78, 5) is 35.8. The van der Waals surface area contributed by atoms with Crippen molar-refractivity contribution in [3.8, 4) is 6.07 Å². The van der Waals surface area contributed by atoms with Crippen LogP contribution in [0.1, 0.15) is 48.4 Å². The van der Waals surface area contributed by atoms with Crippen LogP contribution >= 0.6 is 23.1 Å². The maximum atomic E-state index is 12.6. The Labute approximate surface area is 167 Å². The van der Waals surface area contributed by atoms with Gasteiger partial charge in [-0.1, -0.05) is 19.3 Å². The SMILES string of the molecule is Cc1sc2nc(CSCC(=O)N(C)C3(C#N)CCCCC3)[nH]c(=O)c2c1C. The van der Waals surface area contributed by atoms with Crippen molar-refractivity contribution < 1.29 is 4.79 Å². The Morgan fingerprint density at radius 3 is 2.74 bits per heavy atom. The van der Waals surface area contributed by atoms with Crippen LogP contribution in [0.5, 0.6) is 0 Å². The van der Waals surface area contributed by atoms with E-state index in [9.17, 15) is 14.9 Å². The molecule has 0 atom stereocenters.